The molecule has 0 spiro atoms. The van der Waals surface area contributed by atoms with Crippen LogP contribution in [0.1, 0.15) is 53.4 Å². The van der Waals surface area contributed by atoms with Crippen molar-refractivity contribution >= 4 is 11.8 Å². The molecule has 0 radical (unpaired) electrons. The Morgan fingerprint density at radius 2 is 1.57 bits per heavy atom. The largest absolute Gasteiger partial charge is 0.375 e. The Kier molecular flexibility index (Phi) is 11.7. The predicted octanol–water partition coefficient (Wildman–Crippen LogP) is 1.45. The van der Waals surface area contributed by atoms with Crippen LogP contribution >= 0.6 is 0 Å². The maximum atomic E-state index is 11.7. The second-order valence-electron chi connectivity index (χ2n) is 6.84. The van der Waals surface area contributed by atoms with Gasteiger partial charge in [-0.15, -0.1) is 0 Å². The summed E-state index contributed by atoms with van der Waals surface area (Å²) in [4.78, 5) is 23.2. The molecule has 0 saturated heterocycles. The molecule has 0 aromatic carbocycles. The van der Waals surface area contributed by atoms with E-state index in [0.717, 1.165) is 26.0 Å². The zero-order chi connectivity index (χ0) is 17.7. The summed E-state index contributed by atoms with van der Waals surface area (Å²) in [6, 6.07) is 0. The van der Waals surface area contributed by atoms with Gasteiger partial charge in [-0.3, -0.25) is 9.59 Å². The average molecular weight is 329 g/mol. The summed E-state index contributed by atoms with van der Waals surface area (Å²) in [5.74, 6) is 0.448. The molecular weight excluding hydrogens is 294 g/mol. The van der Waals surface area contributed by atoms with Crippen molar-refractivity contribution in [2.75, 3.05) is 33.3 Å². The van der Waals surface area contributed by atoms with Crippen LogP contribution in [0.15, 0.2) is 0 Å². The highest BCUT2D eigenvalue weighted by molar-refractivity contribution is 5.83. The summed E-state index contributed by atoms with van der Waals surface area (Å²) in [7, 11) is 1.83. The Labute approximate surface area is 141 Å². The minimum Gasteiger partial charge on any atom is -0.375 e. The fraction of sp³-hybridized carbons (Fsp3) is 0.882. The number of likely N-dealkylation sites (N-methyl/N-ethyl adjacent to an activating group) is 1. The van der Waals surface area contributed by atoms with Crippen LogP contribution in [0.25, 0.3) is 0 Å². The zero-order valence-corrected chi connectivity index (χ0v) is 15.5. The molecule has 0 aromatic heterocycles. The van der Waals surface area contributed by atoms with Crippen LogP contribution in [0.2, 0.25) is 0 Å². The van der Waals surface area contributed by atoms with E-state index in [4.69, 9.17) is 4.74 Å². The van der Waals surface area contributed by atoms with E-state index in [-0.39, 0.29) is 30.3 Å². The van der Waals surface area contributed by atoms with Gasteiger partial charge in [0.15, 0.2) is 0 Å². The summed E-state index contributed by atoms with van der Waals surface area (Å²) in [6.07, 6.45) is 2.24. The van der Waals surface area contributed by atoms with Gasteiger partial charge < -0.3 is 20.7 Å². The lowest BCUT2D eigenvalue weighted by molar-refractivity contribution is -0.126. The van der Waals surface area contributed by atoms with Crippen molar-refractivity contribution in [3.8, 4) is 0 Å². The molecule has 0 heterocycles. The molecule has 0 atom stereocenters. The van der Waals surface area contributed by atoms with Crippen molar-refractivity contribution in [3.05, 3.63) is 0 Å². The van der Waals surface area contributed by atoms with E-state index in [1.807, 2.05) is 20.9 Å². The van der Waals surface area contributed by atoms with E-state index < -0.39 is 0 Å². The molecule has 0 aliphatic rings. The van der Waals surface area contributed by atoms with Gasteiger partial charge in [-0.25, -0.2) is 0 Å². The fourth-order valence-corrected chi connectivity index (χ4v) is 1.88. The van der Waals surface area contributed by atoms with E-state index in [0.29, 0.717) is 19.0 Å². The number of hydrogen-bond donors (Lipinski definition) is 3. The maximum Gasteiger partial charge on any atom is 0.220 e. The van der Waals surface area contributed by atoms with Gasteiger partial charge in [0.2, 0.25) is 11.8 Å². The van der Waals surface area contributed by atoms with Crippen LogP contribution in [0.4, 0.5) is 0 Å². The van der Waals surface area contributed by atoms with Crippen LogP contribution in [0.3, 0.4) is 0 Å². The number of rotatable bonds is 13. The Morgan fingerprint density at radius 1 is 1.00 bits per heavy atom. The van der Waals surface area contributed by atoms with Crippen LogP contribution in [0.5, 0.6) is 0 Å². The number of nitrogens with one attached hydrogen (secondary N) is 3. The van der Waals surface area contributed by atoms with E-state index in [9.17, 15) is 9.59 Å². The van der Waals surface area contributed by atoms with E-state index in [1.165, 1.54) is 0 Å². The molecule has 2 amide bonds. The Hall–Kier alpha value is -1.14. The first-order valence-electron chi connectivity index (χ1n) is 8.59. The topological polar surface area (TPSA) is 79.5 Å². The average Bonchev–Trinajstić information content (AvgIpc) is 2.44. The minimum absolute atomic E-state index is 0.0900. The molecule has 3 N–H and O–H groups in total. The molecule has 0 aliphatic carbocycles. The lowest BCUT2D eigenvalue weighted by Gasteiger charge is -2.26. The highest BCUT2D eigenvalue weighted by atomic mass is 16.5. The van der Waals surface area contributed by atoms with Gasteiger partial charge >= 0.3 is 0 Å². The van der Waals surface area contributed by atoms with Crippen LogP contribution < -0.4 is 16.0 Å². The highest BCUT2D eigenvalue weighted by Crippen LogP contribution is 2.15. The first kappa shape index (κ1) is 21.9. The molecule has 136 valence electrons. The van der Waals surface area contributed by atoms with E-state index >= 15 is 0 Å². The van der Waals surface area contributed by atoms with Gasteiger partial charge in [0, 0.05) is 39.1 Å². The summed E-state index contributed by atoms with van der Waals surface area (Å²) in [5.41, 5.74) is -0.243. The molecular formula is C17H35N3O3. The second-order valence-corrected chi connectivity index (χ2v) is 6.84. The smallest absolute Gasteiger partial charge is 0.220 e. The molecule has 23 heavy (non-hydrogen) atoms. The first-order chi connectivity index (χ1) is 10.8. The Balaban J connectivity index is 3.74. The maximum absolute atomic E-state index is 11.7. The number of carbonyl (C=O) groups is 2. The van der Waals surface area contributed by atoms with Crippen LogP contribution in [-0.2, 0) is 14.3 Å². The SMILES string of the molecule is CNCCNC(=O)CCC(=O)NCCC(C)(C)OCCC(C)C. The molecule has 0 unspecified atom stereocenters. The van der Waals surface area contributed by atoms with Gasteiger partial charge in [-0.1, -0.05) is 13.8 Å². The first-order valence-corrected chi connectivity index (χ1v) is 8.59. The van der Waals surface area contributed by atoms with Gasteiger partial charge in [0.1, 0.15) is 0 Å². The van der Waals surface area contributed by atoms with E-state index in [1.54, 1.807) is 0 Å². The summed E-state index contributed by atoms with van der Waals surface area (Å²) < 4.78 is 5.85. The fourth-order valence-electron chi connectivity index (χ4n) is 1.88. The highest BCUT2D eigenvalue weighted by Gasteiger charge is 2.18. The van der Waals surface area contributed by atoms with Crippen molar-refractivity contribution in [1.82, 2.24) is 16.0 Å². The number of amides is 2. The van der Waals surface area contributed by atoms with Gasteiger partial charge in [-0.05, 0) is 39.7 Å². The van der Waals surface area contributed by atoms with Crippen molar-refractivity contribution in [3.63, 3.8) is 0 Å². The normalized spacial score (nSPS) is 11.6. The lowest BCUT2D eigenvalue weighted by atomic mass is 10.0. The molecule has 0 rings (SSSR count). The standard InChI is InChI=1S/C17H35N3O3/c1-14(2)8-13-23-17(3,4)9-10-19-15(21)6-7-16(22)20-12-11-18-5/h14,18H,6-13H2,1-5H3,(H,19,21)(H,20,22). The van der Waals surface area contributed by atoms with Crippen molar-refractivity contribution in [2.24, 2.45) is 5.92 Å². The van der Waals surface area contributed by atoms with Crippen LogP contribution in [0, 0.1) is 5.92 Å². The van der Waals surface area contributed by atoms with Gasteiger partial charge in [0.05, 0.1) is 5.60 Å². The third-order valence-electron chi connectivity index (χ3n) is 3.51. The van der Waals surface area contributed by atoms with Crippen molar-refractivity contribution < 1.29 is 14.3 Å². The minimum atomic E-state index is -0.243. The monoisotopic (exact) mass is 329 g/mol. The summed E-state index contributed by atoms with van der Waals surface area (Å²) in [6.45, 7) is 11.0. The molecule has 6 nitrogen and oxygen atoms in total. The number of ether oxygens (including phenoxy) is 1. The lowest BCUT2D eigenvalue weighted by Crippen LogP contribution is -2.34. The van der Waals surface area contributed by atoms with E-state index in [2.05, 4.69) is 29.8 Å². The molecule has 0 aromatic rings. The van der Waals surface area contributed by atoms with Crippen LogP contribution in [-0.4, -0.2) is 50.7 Å². The number of carbonyl (C=O) groups excluding carboxylic acids is 2. The molecule has 0 fully saturated rings. The number of hydrogen-bond acceptors (Lipinski definition) is 4. The quantitative estimate of drug-likeness (QED) is 0.447. The predicted molar refractivity (Wildman–Crippen MR) is 93.3 cm³/mol. The summed E-state index contributed by atoms with van der Waals surface area (Å²) in [5, 5.41) is 8.54. The molecule has 0 aliphatic heterocycles. The molecule has 6 heteroatoms. The third kappa shape index (κ3) is 14.2. The Morgan fingerprint density at radius 3 is 2.09 bits per heavy atom. The van der Waals surface area contributed by atoms with Crippen molar-refractivity contribution in [1.29, 1.82) is 0 Å². The third-order valence-corrected chi connectivity index (χ3v) is 3.51. The van der Waals surface area contributed by atoms with Crippen molar-refractivity contribution in [2.45, 2.75) is 59.0 Å². The Bertz CT molecular complexity index is 344. The van der Waals surface area contributed by atoms with Gasteiger partial charge in [-0.2, -0.15) is 0 Å². The molecule has 0 bridgehead atoms. The zero-order valence-electron chi connectivity index (χ0n) is 15.5. The van der Waals surface area contributed by atoms with Gasteiger partial charge in [0.25, 0.3) is 0 Å². The second kappa shape index (κ2) is 12.3. The summed E-state index contributed by atoms with van der Waals surface area (Å²) >= 11 is 0. The molecule has 0 saturated carbocycles.